The maximum absolute atomic E-state index is 11.8. The summed E-state index contributed by atoms with van der Waals surface area (Å²) in [5.41, 5.74) is 0. The number of hydrogen-bond acceptors (Lipinski definition) is 4. The SMILES string of the molecule is COc1ccc(S(=O)(=O)NCC(C)O)cc1Cl. The minimum atomic E-state index is -3.65. The van der Waals surface area contributed by atoms with E-state index in [4.69, 9.17) is 21.4 Å². The number of methoxy groups -OCH3 is 1. The van der Waals surface area contributed by atoms with Crippen LogP contribution in [-0.4, -0.2) is 33.3 Å². The molecule has 7 heteroatoms. The zero-order valence-corrected chi connectivity index (χ0v) is 11.0. The first-order chi connectivity index (χ1) is 7.86. The molecule has 1 aromatic carbocycles. The molecule has 0 bridgehead atoms. The lowest BCUT2D eigenvalue weighted by Gasteiger charge is -2.09. The van der Waals surface area contributed by atoms with Gasteiger partial charge < -0.3 is 9.84 Å². The number of benzene rings is 1. The van der Waals surface area contributed by atoms with Crippen LogP contribution in [-0.2, 0) is 10.0 Å². The number of aliphatic hydroxyl groups excluding tert-OH is 1. The molecule has 5 nitrogen and oxygen atoms in total. The number of hydrogen-bond donors (Lipinski definition) is 2. The van der Waals surface area contributed by atoms with Crippen molar-refractivity contribution in [3.05, 3.63) is 23.2 Å². The van der Waals surface area contributed by atoms with Gasteiger partial charge >= 0.3 is 0 Å². The van der Waals surface area contributed by atoms with Crippen LogP contribution >= 0.6 is 11.6 Å². The van der Waals surface area contributed by atoms with Crippen LogP contribution in [0.3, 0.4) is 0 Å². The molecule has 0 heterocycles. The van der Waals surface area contributed by atoms with Crippen LogP contribution in [0.1, 0.15) is 6.92 Å². The molecular weight excluding hydrogens is 266 g/mol. The van der Waals surface area contributed by atoms with E-state index in [0.717, 1.165) is 0 Å². The van der Waals surface area contributed by atoms with Crippen molar-refractivity contribution in [3.8, 4) is 5.75 Å². The molecule has 0 aromatic heterocycles. The van der Waals surface area contributed by atoms with Crippen LogP contribution in [0.2, 0.25) is 5.02 Å². The van der Waals surface area contributed by atoms with Gasteiger partial charge in [-0.2, -0.15) is 0 Å². The molecular formula is C10H14ClNO4S. The molecule has 1 atom stereocenters. The van der Waals surface area contributed by atoms with Gasteiger partial charge in [-0.15, -0.1) is 0 Å². The van der Waals surface area contributed by atoms with E-state index >= 15 is 0 Å². The number of halogens is 1. The Hall–Kier alpha value is -0.820. The first-order valence-electron chi connectivity index (χ1n) is 4.88. The Morgan fingerprint density at radius 1 is 1.53 bits per heavy atom. The summed E-state index contributed by atoms with van der Waals surface area (Å²) in [5, 5.41) is 9.24. The van der Waals surface area contributed by atoms with Gasteiger partial charge in [-0.3, -0.25) is 0 Å². The van der Waals surface area contributed by atoms with Crippen LogP contribution in [0, 0.1) is 0 Å². The second-order valence-electron chi connectivity index (χ2n) is 3.50. The third-order valence-corrected chi connectivity index (χ3v) is 3.72. The van der Waals surface area contributed by atoms with Crippen molar-refractivity contribution < 1.29 is 18.3 Å². The summed E-state index contributed by atoms with van der Waals surface area (Å²) in [6, 6.07) is 4.15. The van der Waals surface area contributed by atoms with Gasteiger partial charge in [0.25, 0.3) is 0 Å². The highest BCUT2D eigenvalue weighted by Gasteiger charge is 2.16. The van der Waals surface area contributed by atoms with Gasteiger partial charge in [-0.05, 0) is 25.1 Å². The fraction of sp³-hybridized carbons (Fsp3) is 0.400. The summed E-state index contributed by atoms with van der Waals surface area (Å²) in [7, 11) is -2.21. The Bertz CT molecular complexity index is 487. The molecule has 0 aliphatic rings. The van der Waals surface area contributed by atoms with E-state index in [9.17, 15) is 8.42 Å². The molecule has 17 heavy (non-hydrogen) atoms. The predicted molar refractivity (Wildman–Crippen MR) is 64.9 cm³/mol. The van der Waals surface area contributed by atoms with E-state index in [-0.39, 0.29) is 16.5 Å². The molecule has 0 saturated carbocycles. The second-order valence-corrected chi connectivity index (χ2v) is 5.67. The maximum Gasteiger partial charge on any atom is 0.240 e. The van der Waals surface area contributed by atoms with E-state index in [2.05, 4.69) is 4.72 Å². The lowest BCUT2D eigenvalue weighted by Crippen LogP contribution is -2.30. The molecule has 0 radical (unpaired) electrons. The maximum atomic E-state index is 11.8. The van der Waals surface area contributed by atoms with E-state index in [0.29, 0.717) is 5.75 Å². The number of aliphatic hydroxyl groups is 1. The summed E-state index contributed by atoms with van der Waals surface area (Å²) in [5.74, 6) is 0.404. The third kappa shape index (κ3) is 3.85. The van der Waals surface area contributed by atoms with Crippen molar-refractivity contribution in [3.63, 3.8) is 0 Å². The fourth-order valence-electron chi connectivity index (χ4n) is 1.13. The Kier molecular flexibility index (Phi) is 4.76. The Balaban J connectivity index is 2.96. The molecule has 2 N–H and O–H groups in total. The summed E-state index contributed by atoms with van der Waals surface area (Å²) < 4.78 is 30.7. The molecule has 0 spiro atoms. The summed E-state index contributed by atoms with van der Waals surface area (Å²) in [6.45, 7) is 1.44. The Labute approximate surface area is 105 Å². The lowest BCUT2D eigenvalue weighted by molar-refractivity contribution is 0.198. The molecule has 0 saturated heterocycles. The van der Waals surface area contributed by atoms with Gasteiger partial charge in [0.2, 0.25) is 10.0 Å². The third-order valence-electron chi connectivity index (χ3n) is 2.00. The van der Waals surface area contributed by atoms with Gasteiger partial charge in [0, 0.05) is 6.54 Å². The number of sulfonamides is 1. The average molecular weight is 280 g/mol. The van der Waals surface area contributed by atoms with Crippen LogP contribution in [0.15, 0.2) is 23.1 Å². The summed E-state index contributed by atoms with van der Waals surface area (Å²) in [4.78, 5) is 0.0314. The largest absolute Gasteiger partial charge is 0.495 e. The number of rotatable bonds is 5. The highest BCUT2D eigenvalue weighted by atomic mass is 35.5. The zero-order valence-electron chi connectivity index (χ0n) is 9.47. The molecule has 1 rings (SSSR count). The van der Waals surface area contributed by atoms with Crippen molar-refractivity contribution in [2.75, 3.05) is 13.7 Å². The van der Waals surface area contributed by atoms with Crippen molar-refractivity contribution in [1.29, 1.82) is 0 Å². The van der Waals surface area contributed by atoms with Gasteiger partial charge in [0.05, 0.1) is 23.1 Å². The van der Waals surface area contributed by atoms with Crippen molar-refractivity contribution >= 4 is 21.6 Å². The van der Waals surface area contributed by atoms with Gasteiger partial charge in [-0.1, -0.05) is 11.6 Å². The Morgan fingerprint density at radius 3 is 2.65 bits per heavy atom. The first kappa shape index (κ1) is 14.2. The van der Waals surface area contributed by atoms with Crippen molar-refractivity contribution in [2.24, 2.45) is 0 Å². The van der Waals surface area contributed by atoms with E-state index in [1.807, 2.05) is 0 Å². The van der Waals surface area contributed by atoms with Gasteiger partial charge in [-0.25, -0.2) is 13.1 Å². The fourth-order valence-corrected chi connectivity index (χ4v) is 2.60. The molecule has 0 aliphatic heterocycles. The van der Waals surface area contributed by atoms with Gasteiger partial charge in [0.15, 0.2) is 0 Å². The second kappa shape index (κ2) is 5.68. The topological polar surface area (TPSA) is 75.6 Å². The minimum absolute atomic E-state index is 0.0314. The quantitative estimate of drug-likeness (QED) is 0.843. The van der Waals surface area contributed by atoms with Crippen LogP contribution < -0.4 is 9.46 Å². The standard InChI is InChI=1S/C10H14ClNO4S/c1-7(13)6-12-17(14,15)8-3-4-10(16-2)9(11)5-8/h3-5,7,12-13H,6H2,1-2H3. The number of nitrogens with one attached hydrogen (secondary N) is 1. The highest BCUT2D eigenvalue weighted by molar-refractivity contribution is 7.89. The van der Waals surface area contributed by atoms with Gasteiger partial charge in [0.1, 0.15) is 5.75 Å². The van der Waals surface area contributed by atoms with Crippen molar-refractivity contribution in [1.82, 2.24) is 4.72 Å². The molecule has 1 unspecified atom stereocenters. The smallest absolute Gasteiger partial charge is 0.240 e. The zero-order chi connectivity index (χ0) is 13.1. The van der Waals surface area contributed by atoms with Crippen LogP contribution in [0.4, 0.5) is 0 Å². The molecule has 0 fully saturated rings. The Morgan fingerprint density at radius 2 is 2.18 bits per heavy atom. The predicted octanol–water partition coefficient (Wildman–Crippen LogP) is 1.01. The monoisotopic (exact) mass is 279 g/mol. The van der Waals surface area contributed by atoms with E-state index in [1.165, 1.54) is 32.2 Å². The molecule has 0 amide bonds. The summed E-state index contributed by atoms with van der Waals surface area (Å²) in [6.07, 6.45) is -0.751. The minimum Gasteiger partial charge on any atom is -0.495 e. The first-order valence-corrected chi connectivity index (χ1v) is 6.74. The molecule has 1 aromatic rings. The summed E-state index contributed by atoms with van der Waals surface area (Å²) >= 11 is 5.83. The number of ether oxygens (including phenoxy) is 1. The van der Waals surface area contributed by atoms with Crippen LogP contribution in [0.5, 0.6) is 5.75 Å². The molecule has 0 aliphatic carbocycles. The lowest BCUT2D eigenvalue weighted by atomic mass is 10.3. The average Bonchev–Trinajstić information content (AvgIpc) is 2.26. The van der Waals surface area contributed by atoms with Crippen LogP contribution in [0.25, 0.3) is 0 Å². The van der Waals surface area contributed by atoms with E-state index < -0.39 is 16.1 Å². The van der Waals surface area contributed by atoms with Crippen molar-refractivity contribution in [2.45, 2.75) is 17.9 Å². The molecule has 96 valence electrons. The highest BCUT2D eigenvalue weighted by Crippen LogP contribution is 2.26. The normalized spacial score (nSPS) is 13.4. The van der Waals surface area contributed by atoms with E-state index in [1.54, 1.807) is 0 Å².